The van der Waals surface area contributed by atoms with Gasteiger partial charge >= 0.3 is 0 Å². The minimum atomic E-state index is -0.478. The first-order valence-corrected chi connectivity index (χ1v) is 6.04. The Labute approximate surface area is 108 Å². The summed E-state index contributed by atoms with van der Waals surface area (Å²) >= 11 is 0. The first kappa shape index (κ1) is 12.6. The summed E-state index contributed by atoms with van der Waals surface area (Å²) in [7, 11) is 1.99. The minimum absolute atomic E-state index is 0.478. The quantitative estimate of drug-likeness (QED) is 0.897. The van der Waals surface area contributed by atoms with Gasteiger partial charge in [0.05, 0.1) is 6.10 Å². The lowest BCUT2D eigenvalue weighted by Gasteiger charge is -2.20. The fourth-order valence-electron chi connectivity index (χ4n) is 1.97. The van der Waals surface area contributed by atoms with Crippen molar-refractivity contribution in [3.05, 3.63) is 53.7 Å². The van der Waals surface area contributed by atoms with Gasteiger partial charge in [0.2, 0.25) is 0 Å². The Kier molecular flexibility index (Phi) is 3.63. The number of aromatic nitrogens is 1. The summed E-state index contributed by atoms with van der Waals surface area (Å²) in [6, 6.07) is 13.9. The summed E-state index contributed by atoms with van der Waals surface area (Å²) in [5.41, 5.74) is 2.83. The molecule has 0 aliphatic heterocycles. The molecular weight excluding hydrogens is 224 g/mol. The number of hydrogen-bond acceptors (Lipinski definition) is 3. The van der Waals surface area contributed by atoms with Crippen LogP contribution in [0, 0.1) is 6.92 Å². The van der Waals surface area contributed by atoms with Crippen LogP contribution in [0.2, 0.25) is 0 Å². The van der Waals surface area contributed by atoms with Gasteiger partial charge in [-0.2, -0.15) is 0 Å². The SMILES string of the molecule is Cc1nc(N(C)c2ccccc2)ccc1C(C)O. The second kappa shape index (κ2) is 5.19. The third-order valence-electron chi connectivity index (χ3n) is 3.05. The summed E-state index contributed by atoms with van der Waals surface area (Å²) in [6.45, 7) is 3.68. The molecule has 0 spiro atoms. The summed E-state index contributed by atoms with van der Waals surface area (Å²) in [5, 5.41) is 9.60. The number of pyridine rings is 1. The molecule has 0 aliphatic rings. The standard InChI is InChI=1S/C15H18N2O/c1-11-14(12(2)18)9-10-15(16-11)17(3)13-7-5-4-6-8-13/h4-10,12,18H,1-3H3. The predicted molar refractivity (Wildman–Crippen MR) is 74.1 cm³/mol. The number of aliphatic hydroxyl groups is 1. The summed E-state index contributed by atoms with van der Waals surface area (Å²) in [6.07, 6.45) is -0.478. The Morgan fingerprint density at radius 2 is 1.78 bits per heavy atom. The van der Waals surface area contributed by atoms with Gasteiger partial charge in [-0.25, -0.2) is 4.98 Å². The summed E-state index contributed by atoms with van der Waals surface area (Å²) in [5.74, 6) is 0.878. The molecular formula is C15H18N2O. The second-order valence-electron chi connectivity index (χ2n) is 4.41. The van der Waals surface area contributed by atoms with Gasteiger partial charge in [-0.15, -0.1) is 0 Å². The Bertz CT molecular complexity index is 523. The van der Waals surface area contributed by atoms with E-state index in [1.807, 2.05) is 61.3 Å². The van der Waals surface area contributed by atoms with Crippen LogP contribution in [-0.4, -0.2) is 17.1 Å². The largest absolute Gasteiger partial charge is 0.389 e. The van der Waals surface area contributed by atoms with Crippen molar-refractivity contribution < 1.29 is 5.11 Å². The van der Waals surface area contributed by atoms with Gasteiger partial charge < -0.3 is 10.0 Å². The Morgan fingerprint density at radius 3 is 2.33 bits per heavy atom. The van der Waals surface area contributed by atoms with Gasteiger partial charge in [0.25, 0.3) is 0 Å². The number of aliphatic hydroxyl groups excluding tert-OH is 1. The molecule has 0 fully saturated rings. The zero-order valence-corrected chi connectivity index (χ0v) is 11.0. The summed E-state index contributed by atoms with van der Waals surface area (Å²) in [4.78, 5) is 6.56. The van der Waals surface area contributed by atoms with Crippen molar-refractivity contribution in [3.8, 4) is 0 Å². The zero-order chi connectivity index (χ0) is 13.1. The highest BCUT2D eigenvalue weighted by Crippen LogP contribution is 2.24. The Balaban J connectivity index is 2.32. The number of para-hydroxylation sites is 1. The van der Waals surface area contributed by atoms with Crippen LogP contribution in [0.15, 0.2) is 42.5 Å². The molecule has 3 heteroatoms. The van der Waals surface area contributed by atoms with Crippen LogP contribution < -0.4 is 4.90 Å². The van der Waals surface area contributed by atoms with Crippen LogP contribution in [0.4, 0.5) is 11.5 Å². The highest BCUT2D eigenvalue weighted by atomic mass is 16.3. The monoisotopic (exact) mass is 242 g/mol. The smallest absolute Gasteiger partial charge is 0.132 e. The number of rotatable bonds is 3. The van der Waals surface area contributed by atoms with E-state index in [4.69, 9.17) is 0 Å². The van der Waals surface area contributed by atoms with Crippen LogP contribution in [0.5, 0.6) is 0 Å². The van der Waals surface area contributed by atoms with E-state index >= 15 is 0 Å². The maximum absolute atomic E-state index is 9.60. The van der Waals surface area contributed by atoms with Gasteiger partial charge in [0, 0.05) is 24.0 Å². The fraction of sp³-hybridized carbons (Fsp3) is 0.267. The zero-order valence-electron chi connectivity index (χ0n) is 11.0. The Hall–Kier alpha value is -1.87. The molecule has 2 aromatic rings. The average molecular weight is 242 g/mol. The number of anilines is 2. The van der Waals surface area contributed by atoms with E-state index in [9.17, 15) is 5.11 Å². The third kappa shape index (κ3) is 2.51. The molecule has 1 unspecified atom stereocenters. The third-order valence-corrected chi connectivity index (χ3v) is 3.05. The Morgan fingerprint density at radius 1 is 1.11 bits per heavy atom. The number of aryl methyl sites for hydroxylation is 1. The van der Waals surface area contributed by atoms with Crippen molar-refractivity contribution in [1.82, 2.24) is 4.98 Å². The molecule has 1 aromatic carbocycles. The topological polar surface area (TPSA) is 36.4 Å². The molecule has 1 aromatic heterocycles. The van der Waals surface area contributed by atoms with Crippen LogP contribution in [0.25, 0.3) is 0 Å². The molecule has 0 bridgehead atoms. The lowest BCUT2D eigenvalue weighted by Crippen LogP contribution is -2.12. The predicted octanol–water partition coefficient (Wildman–Crippen LogP) is 3.21. The maximum atomic E-state index is 9.60. The van der Waals surface area contributed by atoms with Gasteiger partial charge in [0.15, 0.2) is 0 Å². The maximum Gasteiger partial charge on any atom is 0.132 e. The van der Waals surface area contributed by atoms with E-state index in [-0.39, 0.29) is 0 Å². The molecule has 0 saturated heterocycles. The van der Waals surface area contributed by atoms with Crippen LogP contribution in [-0.2, 0) is 0 Å². The van der Waals surface area contributed by atoms with Gasteiger partial charge in [-0.1, -0.05) is 24.3 Å². The van der Waals surface area contributed by atoms with E-state index in [0.717, 1.165) is 22.8 Å². The van der Waals surface area contributed by atoms with Gasteiger partial charge in [0.1, 0.15) is 5.82 Å². The lowest BCUT2D eigenvalue weighted by atomic mass is 10.1. The summed E-state index contributed by atoms with van der Waals surface area (Å²) < 4.78 is 0. The fourth-order valence-corrected chi connectivity index (χ4v) is 1.97. The normalized spacial score (nSPS) is 12.2. The molecule has 2 rings (SSSR count). The first-order chi connectivity index (χ1) is 8.59. The van der Waals surface area contributed by atoms with Crippen LogP contribution >= 0.6 is 0 Å². The molecule has 1 heterocycles. The molecule has 0 amide bonds. The molecule has 0 aliphatic carbocycles. The van der Waals surface area contributed by atoms with E-state index in [1.54, 1.807) is 6.92 Å². The highest BCUT2D eigenvalue weighted by Gasteiger charge is 2.10. The lowest BCUT2D eigenvalue weighted by molar-refractivity contribution is 0.198. The van der Waals surface area contributed by atoms with E-state index < -0.39 is 6.10 Å². The molecule has 1 atom stereocenters. The molecule has 3 nitrogen and oxygen atoms in total. The number of hydrogen-bond donors (Lipinski definition) is 1. The first-order valence-electron chi connectivity index (χ1n) is 6.04. The number of benzene rings is 1. The van der Waals surface area contributed by atoms with Crippen molar-refractivity contribution in [2.75, 3.05) is 11.9 Å². The molecule has 0 radical (unpaired) electrons. The van der Waals surface area contributed by atoms with E-state index in [0.29, 0.717) is 0 Å². The molecule has 94 valence electrons. The molecule has 1 N–H and O–H groups in total. The second-order valence-corrected chi connectivity index (χ2v) is 4.41. The van der Waals surface area contributed by atoms with Crippen molar-refractivity contribution in [2.45, 2.75) is 20.0 Å². The molecule has 18 heavy (non-hydrogen) atoms. The number of nitrogens with zero attached hydrogens (tertiary/aromatic N) is 2. The van der Waals surface area contributed by atoms with Crippen molar-refractivity contribution in [1.29, 1.82) is 0 Å². The van der Waals surface area contributed by atoms with Crippen molar-refractivity contribution in [3.63, 3.8) is 0 Å². The minimum Gasteiger partial charge on any atom is -0.389 e. The van der Waals surface area contributed by atoms with Crippen molar-refractivity contribution in [2.24, 2.45) is 0 Å². The van der Waals surface area contributed by atoms with Crippen molar-refractivity contribution >= 4 is 11.5 Å². The van der Waals surface area contributed by atoms with Crippen LogP contribution in [0.3, 0.4) is 0 Å². The van der Waals surface area contributed by atoms with Crippen LogP contribution in [0.1, 0.15) is 24.3 Å². The van der Waals surface area contributed by atoms with E-state index in [1.165, 1.54) is 0 Å². The molecule has 0 saturated carbocycles. The average Bonchev–Trinajstić information content (AvgIpc) is 2.38. The van der Waals surface area contributed by atoms with E-state index in [2.05, 4.69) is 4.98 Å². The van der Waals surface area contributed by atoms with Gasteiger partial charge in [-0.3, -0.25) is 0 Å². The van der Waals surface area contributed by atoms with Gasteiger partial charge in [-0.05, 0) is 32.0 Å². The highest BCUT2D eigenvalue weighted by molar-refractivity contribution is 5.59.